The van der Waals surface area contributed by atoms with Crippen LogP contribution in [0.1, 0.15) is 18.4 Å². The van der Waals surface area contributed by atoms with Gasteiger partial charge in [0.15, 0.2) is 5.60 Å². The van der Waals surface area contributed by atoms with Crippen LogP contribution in [0.25, 0.3) is 11.1 Å². The molecule has 0 spiro atoms. The molecule has 1 saturated heterocycles. The number of ether oxygens (including phenoxy) is 1. The van der Waals surface area contributed by atoms with E-state index in [4.69, 9.17) is 4.74 Å². The van der Waals surface area contributed by atoms with Gasteiger partial charge < -0.3 is 15.0 Å². The van der Waals surface area contributed by atoms with Crippen molar-refractivity contribution in [3.63, 3.8) is 0 Å². The van der Waals surface area contributed by atoms with E-state index in [0.717, 1.165) is 29.5 Å². The number of pyridine rings is 1. The Bertz CT molecular complexity index is 866. The van der Waals surface area contributed by atoms with Crippen molar-refractivity contribution in [3.05, 3.63) is 54.4 Å². The molecule has 2 aliphatic rings. The van der Waals surface area contributed by atoms with E-state index in [0.29, 0.717) is 26.1 Å². The fourth-order valence-electron chi connectivity index (χ4n) is 3.85. The number of carbonyl (C=O) groups excluding carboxylic acids is 2. The fraction of sp³-hybridized carbons (Fsp3) is 0.409. The summed E-state index contributed by atoms with van der Waals surface area (Å²) in [6.45, 7) is 1.21. The van der Waals surface area contributed by atoms with E-state index in [2.05, 4.69) is 16.4 Å². The van der Waals surface area contributed by atoms with Gasteiger partial charge in [0, 0.05) is 38.3 Å². The van der Waals surface area contributed by atoms with E-state index in [9.17, 15) is 9.59 Å². The van der Waals surface area contributed by atoms with Crippen LogP contribution in [-0.4, -0.2) is 54.0 Å². The van der Waals surface area contributed by atoms with Gasteiger partial charge in [-0.1, -0.05) is 24.3 Å². The number of likely N-dealkylation sites (N-methyl/N-ethyl adjacent to an activating group) is 1. The van der Waals surface area contributed by atoms with E-state index < -0.39 is 5.60 Å². The van der Waals surface area contributed by atoms with Crippen LogP contribution < -0.4 is 5.32 Å². The molecular formula is C22H25N3O3. The van der Waals surface area contributed by atoms with E-state index >= 15 is 0 Å². The van der Waals surface area contributed by atoms with Crippen molar-refractivity contribution < 1.29 is 14.3 Å². The largest absolute Gasteiger partial charge is 0.361 e. The topological polar surface area (TPSA) is 71.5 Å². The number of rotatable bonds is 5. The van der Waals surface area contributed by atoms with Gasteiger partial charge in [-0.3, -0.25) is 14.6 Å². The van der Waals surface area contributed by atoms with Crippen molar-refractivity contribution >= 4 is 11.8 Å². The number of aromatic nitrogens is 1. The predicted molar refractivity (Wildman–Crippen MR) is 105 cm³/mol. The molecule has 146 valence electrons. The molecule has 1 aliphatic heterocycles. The lowest BCUT2D eigenvalue weighted by molar-refractivity contribution is -0.166. The predicted octanol–water partition coefficient (Wildman–Crippen LogP) is 2.04. The Balaban J connectivity index is 1.60. The normalized spacial score (nSPS) is 22.0. The molecule has 6 nitrogen and oxygen atoms in total. The molecule has 28 heavy (non-hydrogen) atoms. The maximum absolute atomic E-state index is 12.8. The van der Waals surface area contributed by atoms with Gasteiger partial charge in [-0.2, -0.15) is 0 Å². The minimum absolute atomic E-state index is 0.135. The summed E-state index contributed by atoms with van der Waals surface area (Å²) in [5.41, 5.74) is 2.07. The highest BCUT2D eigenvalue weighted by Gasteiger charge is 2.46. The van der Waals surface area contributed by atoms with Crippen molar-refractivity contribution in [2.45, 2.75) is 24.9 Å². The van der Waals surface area contributed by atoms with Crippen LogP contribution in [0.2, 0.25) is 0 Å². The molecule has 1 saturated carbocycles. The highest BCUT2D eigenvalue weighted by atomic mass is 16.5. The number of hydrogen-bond acceptors (Lipinski definition) is 4. The number of hydrogen-bond donors (Lipinski definition) is 1. The summed E-state index contributed by atoms with van der Waals surface area (Å²) in [6, 6.07) is 12.0. The number of benzene rings is 1. The summed E-state index contributed by atoms with van der Waals surface area (Å²) in [6.07, 6.45) is 5.85. The maximum Gasteiger partial charge on any atom is 0.254 e. The van der Waals surface area contributed by atoms with Gasteiger partial charge in [0.25, 0.3) is 5.91 Å². The zero-order valence-corrected chi connectivity index (χ0v) is 16.1. The first kappa shape index (κ1) is 18.6. The minimum atomic E-state index is -1.06. The Kier molecular flexibility index (Phi) is 5.13. The first-order valence-electron chi connectivity index (χ1n) is 9.75. The van der Waals surface area contributed by atoms with Crippen LogP contribution in [0.4, 0.5) is 0 Å². The van der Waals surface area contributed by atoms with Gasteiger partial charge in [-0.15, -0.1) is 0 Å². The lowest BCUT2D eigenvalue weighted by Gasteiger charge is -2.41. The van der Waals surface area contributed by atoms with Crippen molar-refractivity contribution in [1.82, 2.24) is 15.2 Å². The van der Waals surface area contributed by atoms with E-state index in [1.165, 1.54) is 0 Å². The number of carbonyl (C=O) groups is 2. The summed E-state index contributed by atoms with van der Waals surface area (Å²) in [4.78, 5) is 31.3. The molecule has 0 radical (unpaired) electrons. The molecule has 1 atom stereocenters. The van der Waals surface area contributed by atoms with Gasteiger partial charge in [-0.05, 0) is 41.7 Å². The van der Waals surface area contributed by atoms with E-state index in [-0.39, 0.29) is 17.7 Å². The molecule has 2 heterocycles. The van der Waals surface area contributed by atoms with Crippen LogP contribution in [0.5, 0.6) is 0 Å². The smallest absolute Gasteiger partial charge is 0.254 e. The number of morpholine rings is 1. The van der Waals surface area contributed by atoms with Crippen LogP contribution in [0.3, 0.4) is 0 Å². The zero-order chi connectivity index (χ0) is 19.6. The summed E-state index contributed by atoms with van der Waals surface area (Å²) in [5, 5.41) is 2.74. The Morgan fingerprint density at radius 2 is 2.00 bits per heavy atom. The monoisotopic (exact) mass is 379 g/mol. The molecule has 1 unspecified atom stereocenters. The molecule has 2 amide bonds. The van der Waals surface area contributed by atoms with Gasteiger partial charge in [-0.25, -0.2) is 0 Å². The molecule has 2 fully saturated rings. The minimum Gasteiger partial charge on any atom is -0.361 e. The number of nitrogens with one attached hydrogen (secondary N) is 1. The molecule has 1 aromatic carbocycles. The van der Waals surface area contributed by atoms with E-state index in [1.54, 1.807) is 19.4 Å². The van der Waals surface area contributed by atoms with Crippen LogP contribution in [-0.2, 0) is 20.7 Å². The van der Waals surface area contributed by atoms with Gasteiger partial charge in [0.2, 0.25) is 5.91 Å². The second-order valence-corrected chi connectivity index (χ2v) is 7.57. The number of nitrogens with zero attached hydrogens (tertiary/aromatic N) is 2. The molecule has 0 bridgehead atoms. The molecule has 1 aliphatic carbocycles. The Labute approximate surface area is 164 Å². The average molecular weight is 379 g/mol. The number of amides is 2. The van der Waals surface area contributed by atoms with Crippen LogP contribution in [0.15, 0.2) is 48.8 Å². The third kappa shape index (κ3) is 3.78. The first-order chi connectivity index (χ1) is 13.6. The third-order valence-corrected chi connectivity index (χ3v) is 5.50. The average Bonchev–Trinajstić information content (AvgIpc) is 3.59. The fourth-order valence-corrected chi connectivity index (χ4v) is 3.85. The van der Waals surface area contributed by atoms with Gasteiger partial charge in [0.1, 0.15) is 0 Å². The second-order valence-electron chi connectivity index (χ2n) is 7.57. The van der Waals surface area contributed by atoms with Crippen LogP contribution in [0, 0.1) is 5.92 Å². The Hall–Kier alpha value is -2.73. The standard InChI is InChI=1S/C22H25N3O3/c1-23-21(27)22(15-25(11-12-28-22)20(26)18-5-6-18)14-16-3-2-4-19(13-16)17-7-9-24-10-8-17/h2-4,7-10,13,18H,5-6,11-12,14-15H2,1H3,(H,23,27). The lowest BCUT2D eigenvalue weighted by Crippen LogP contribution is -2.61. The van der Waals surface area contributed by atoms with Gasteiger partial charge >= 0.3 is 0 Å². The summed E-state index contributed by atoms with van der Waals surface area (Å²) in [7, 11) is 1.61. The second kappa shape index (κ2) is 7.72. The van der Waals surface area contributed by atoms with Crippen molar-refractivity contribution in [2.24, 2.45) is 5.92 Å². The molecule has 4 rings (SSSR count). The molecule has 1 N–H and O–H groups in total. The van der Waals surface area contributed by atoms with Crippen LogP contribution >= 0.6 is 0 Å². The maximum atomic E-state index is 12.8. The molecule has 6 heteroatoms. The summed E-state index contributed by atoms with van der Waals surface area (Å²) >= 11 is 0. The molecule has 1 aromatic heterocycles. The summed E-state index contributed by atoms with van der Waals surface area (Å²) in [5.74, 6) is 0.104. The highest BCUT2D eigenvalue weighted by molar-refractivity contribution is 5.88. The van der Waals surface area contributed by atoms with Crippen molar-refractivity contribution in [1.29, 1.82) is 0 Å². The third-order valence-electron chi connectivity index (χ3n) is 5.50. The first-order valence-corrected chi connectivity index (χ1v) is 9.75. The van der Waals surface area contributed by atoms with Crippen molar-refractivity contribution in [3.8, 4) is 11.1 Å². The molecular weight excluding hydrogens is 354 g/mol. The van der Waals surface area contributed by atoms with E-state index in [1.807, 2.05) is 35.2 Å². The highest BCUT2D eigenvalue weighted by Crippen LogP contribution is 2.33. The SMILES string of the molecule is CNC(=O)C1(Cc2cccc(-c3ccncc3)c2)CN(C(=O)C2CC2)CCO1. The summed E-state index contributed by atoms with van der Waals surface area (Å²) < 4.78 is 6.03. The Morgan fingerprint density at radius 3 is 2.71 bits per heavy atom. The zero-order valence-electron chi connectivity index (χ0n) is 16.1. The van der Waals surface area contributed by atoms with Crippen molar-refractivity contribution in [2.75, 3.05) is 26.7 Å². The Morgan fingerprint density at radius 1 is 1.21 bits per heavy atom. The lowest BCUT2D eigenvalue weighted by atomic mass is 9.89. The molecule has 2 aromatic rings. The quantitative estimate of drug-likeness (QED) is 0.863. The van der Waals surface area contributed by atoms with Gasteiger partial charge in [0.05, 0.1) is 13.2 Å².